The van der Waals surface area contributed by atoms with Crippen molar-refractivity contribution in [1.29, 1.82) is 0 Å². The minimum atomic E-state index is -2.52. The number of rotatable bonds is 9. The SMILES string of the molecule is [2H]C([2H])([2H])c1cc(-c2cc(C(C)(C)C)cc(C(C)(C)C)c2)ccc1-n1c(-c2cc(C(C)C)cc(C(C)C)c2O)nc2c(-c3[c-]c(-c4cc(-c5ccc(C)cc5)ccn4)cc(-c4ccccc4)c3)cccc21.[Pt]. The Morgan fingerprint density at radius 3 is 1.88 bits per heavy atom. The Bertz CT molecular complexity index is 3410. The van der Waals surface area contributed by atoms with Crippen LogP contribution >= 0.6 is 0 Å². The zero-order valence-corrected chi connectivity index (χ0v) is 44.0. The molecule has 0 bridgehead atoms. The Labute approximate surface area is 429 Å². The second-order valence-corrected chi connectivity index (χ2v) is 21.1. The van der Waals surface area contributed by atoms with Crippen molar-refractivity contribution in [1.82, 2.24) is 14.5 Å². The van der Waals surface area contributed by atoms with Gasteiger partial charge in [-0.3, -0.25) is 9.55 Å². The van der Waals surface area contributed by atoms with Gasteiger partial charge in [-0.15, -0.1) is 23.8 Å². The number of hydrogen-bond acceptors (Lipinski definition) is 3. The number of aromatic nitrogens is 3. The van der Waals surface area contributed by atoms with Crippen LogP contribution in [0.2, 0.25) is 0 Å². The summed E-state index contributed by atoms with van der Waals surface area (Å²) in [5, 5.41) is 12.4. The zero-order valence-electron chi connectivity index (χ0n) is 44.7. The van der Waals surface area contributed by atoms with Gasteiger partial charge in [0.2, 0.25) is 0 Å². The van der Waals surface area contributed by atoms with Crippen LogP contribution < -0.4 is 0 Å². The molecule has 0 aliphatic carbocycles. The molecule has 352 valence electrons. The van der Waals surface area contributed by atoms with Gasteiger partial charge in [-0.05, 0) is 122 Å². The van der Waals surface area contributed by atoms with Crippen molar-refractivity contribution in [3.8, 4) is 78.6 Å². The average molecular weight is 1090 g/mol. The minimum Gasteiger partial charge on any atom is -0.507 e. The number of hydrogen-bond donors (Lipinski definition) is 1. The topological polar surface area (TPSA) is 50.9 Å². The van der Waals surface area contributed by atoms with Crippen LogP contribution in [0.3, 0.4) is 0 Å². The molecule has 0 radical (unpaired) electrons. The van der Waals surface area contributed by atoms with Gasteiger partial charge >= 0.3 is 0 Å². The second-order valence-electron chi connectivity index (χ2n) is 21.1. The largest absolute Gasteiger partial charge is 0.507 e. The maximum absolute atomic E-state index is 12.4. The molecule has 69 heavy (non-hydrogen) atoms. The number of aryl methyl sites for hydroxylation is 2. The number of pyridine rings is 1. The van der Waals surface area contributed by atoms with Gasteiger partial charge in [-0.25, -0.2) is 4.98 Å². The molecule has 5 heteroatoms. The molecule has 0 saturated heterocycles. The van der Waals surface area contributed by atoms with Gasteiger partial charge in [0.1, 0.15) is 11.6 Å². The maximum Gasteiger partial charge on any atom is 0.148 e. The smallest absolute Gasteiger partial charge is 0.148 e. The Morgan fingerprint density at radius 2 is 1.23 bits per heavy atom. The van der Waals surface area contributed by atoms with E-state index in [1.165, 1.54) is 16.7 Å². The quantitative estimate of drug-likeness (QED) is 0.147. The molecule has 9 rings (SSSR count). The first-order valence-corrected chi connectivity index (χ1v) is 23.9. The van der Waals surface area contributed by atoms with Crippen molar-refractivity contribution in [3.63, 3.8) is 0 Å². The van der Waals surface area contributed by atoms with Crippen LogP contribution in [-0.2, 0) is 31.9 Å². The van der Waals surface area contributed by atoms with Crippen LogP contribution in [0.1, 0.15) is 119 Å². The number of aromatic hydroxyl groups is 1. The van der Waals surface area contributed by atoms with Crippen molar-refractivity contribution in [2.45, 2.75) is 106 Å². The molecule has 4 nitrogen and oxygen atoms in total. The summed E-state index contributed by atoms with van der Waals surface area (Å²) in [6, 6.07) is 53.6. The fourth-order valence-electron chi connectivity index (χ4n) is 9.09. The van der Waals surface area contributed by atoms with Crippen molar-refractivity contribution >= 4 is 11.0 Å². The summed E-state index contributed by atoms with van der Waals surface area (Å²) in [5.74, 6) is 0.727. The Hall–Kier alpha value is -6.35. The molecule has 0 fully saturated rings. The normalized spacial score (nSPS) is 12.8. The van der Waals surface area contributed by atoms with Crippen molar-refractivity contribution in [3.05, 3.63) is 191 Å². The molecular weight excluding hydrogens is 1020 g/mol. The number of phenols is 1. The Morgan fingerprint density at radius 1 is 0.594 bits per heavy atom. The number of phenolic OH excluding ortho intramolecular Hbond substituents is 1. The van der Waals surface area contributed by atoms with Gasteiger partial charge in [0.25, 0.3) is 0 Å². The number of para-hydroxylation sites is 1. The van der Waals surface area contributed by atoms with Crippen molar-refractivity contribution in [2.75, 3.05) is 0 Å². The number of fused-ring (bicyclic) bond motifs is 1. The third kappa shape index (κ3) is 9.93. The molecule has 2 heterocycles. The standard InChI is InChI=1S/C64H64N3O.Pt/c1-39(2)47-35-55(40(3)4)61(68)56(36-47)62-66-60-54(50-30-48(43-17-14-13-15-18-43)31-51(32-50)57-37-46(27-28-65-57)44-23-21-41(5)22-24-44)19-16-20-59(60)67(62)58-26-25-45(29-42(58)6)49-33-52(63(7,8)9)38-53(34-49)64(10,11)12;/h13-31,33-40,68H,1-12H3;/q-1;/i6D3;. The number of nitrogens with zero attached hydrogens (tertiary/aromatic N) is 3. The Balaban J connectivity index is 0.00000693. The predicted octanol–water partition coefficient (Wildman–Crippen LogP) is 17.4. The molecule has 0 atom stereocenters. The van der Waals surface area contributed by atoms with Crippen LogP contribution in [0.15, 0.2) is 152 Å². The number of imidazole rings is 1. The van der Waals surface area contributed by atoms with Gasteiger partial charge in [0.05, 0.1) is 22.3 Å². The van der Waals surface area contributed by atoms with E-state index in [4.69, 9.17) is 9.97 Å². The fraction of sp³-hybridized carbons (Fsp3) is 0.250. The van der Waals surface area contributed by atoms with E-state index in [-0.39, 0.29) is 55.0 Å². The van der Waals surface area contributed by atoms with E-state index in [9.17, 15) is 9.22 Å². The van der Waals surface area contributed by atoms with Gasteiger partial charge in [-0.2, -0.15) is 0 Å². The van der Waals surface area contributed by atoms with Crippen LogP contribution in [0, 0.1) is 19.8 Å². The van der Waals surface area contributed by atoms with Crippen molar-refractivity contribution in [2.24, 2.45) is 0 Å². The van der Waals surface area contributed by atoms with E-state index in [0.717, 1.165) is 66.9 Å². The monoisotopic (exact) mass is 1090 g/mol. The van der Waals surface area contributed by atoms with E-state index < -0.39 is 6.85 Å². The van der Waals surface area contributed by atoms with E-state index >= 15 is 0 Å². The van der Waals surface area contributed by atoms with E-state index in [2.05, 4.69) is 167 Å². The molecule has 0 unspecified atom stereocenters. The van der Waals surface area contributed by atoms with Crippen LogP contribution in [0.25, 0.3) is 83.9 Å². The molecule has 2 aromatic heterocycles. The van der Waals surface area contributed by atoms with Gasteiger partial charge in [-0.1, -0.05) is 195 Å². The zero-order chi connectivity index (χ0) is 50.7. The number of benzene rings is 7. The first-order chi connectivity index (χ1) is 33.5. The molecule has 0 spiro atoms. The molecule has 9 aromatic rings. The van der Waals surface area contributed by atoms with Gasteiger partial charge in [0, 0.05) is 37.1 Å². The maximum atomic E-state index is 12.4. The Kier molecular flexibility index (Phi) is 12.6. The van der Waals surface area contributed by atoms with Crippen molar-refractivity contribution < 1.29 is 30.3 Å². The molecule has 0 aliphatic rings. The molecule has 0 amide bonds. The van der Waals surface area contributed by atoms with Crippen LogP contribution in [0.4, 0.5) is 0 Å². The van der Waals surface area contributed by atoms with Gasteiger partial charge in [0.15, 0.2) is 0 Å². The summed E-state index contributed by atoms with van der Waals surface area (Å²) in [5.41, 5.74) is 16.8. The predicted molar refractivity (Wildman–Crippen MR) is 287 cm³/mol. The fourth-order valence-corrected chi connectivity index (χ4v) is 9.09. The summed E-state index contributed by atoms with van der Waals surface area (Å²) in [6.07, 6.45) is 1.85. The summed E-state index contributed by atoms with van der Waals surface area (Å²) in [6.45, 7) is 21.3. The first kappa shape index (κ1) is 45.1. The van der Waals surface area contributed by atoms with Crippen LogP contribution in [0.5, 0.6) is 5.75 Å². The van der Waals surface area contributed by atoms with E-state index in [1.807, 2.05) is 71.4 Å². The molecule has 0 saturated carbocycles. The second kappa shape index (κ2) is 19.2. The molecule has 0 aliphatic heterocycles. The summed E-state index contributed by atoms with van der Waals surface area (Å²) in [7, 11) is 0. The van der Waals surface area contributed by atoms with Gasteiger partial charge < -0.3 is 5.11 Å². The summed E-state index contributed by atoms with van der Waals surface area (Å²) >= 11 is 0. The van der Waals surface area contributed by atoms with E-state index in [1.54, 1.807) is 0 Å². The molecular formula is C64H64N3OPt-. The molecule has 7 aromatic carbocycles. The summed E-state index contributed by atoms with van der Waals surface area (Å²) < 4.78 is 29.5. The van der Waals surface area contributed by atoms with Crippen LogP contribution in [-0.4, -0.2) is 19.6 Å². The third-order valence-corrected chi connectivity index (χ3v) is 13.3. The third-order valence-electron chi connectivity index (χ3n) is 13.3. The van der Waals surface area contributed by atoms with E-state index in [0.29, 0.717) is 28.1 Å². The summed E-state index contributed by atoms with van der Waals surface area (Å²) in [4.78, 5) is 10.4. The molecule has 1 N–H and O–H groups in total. The average Bonchev–Trinajstić information content (AvgIpc) is 3.72. The first-order valence-electron chi connectivity index (χ1n) is 25.4. The minimum absolute atomic E-state index is 0.